The fourth-order valence-electron chi connectivity index (χ4n) is 2.28. The summed E-state index contributed by atoms with van der Waals surface area (Å²) in [5.41, 5.74) is 1.96. The Hall–Kier alpha value is -2.31. The van der Waals surface area contributed by atoms with Gasteiger partial charge in [-0.15, -0.1) is 0 Å². The van der Waals surface area contributed by atoms with Crippen LogP contribution < -0.4 is 11.2 Å². The molecule has 94 valence electrons. The van der Waals surface area contributed by atoms with Crippen molar-refractivity contribution in [1.29, 1.82) is 0 Å². The Balaban J connectivity index is 2.74. The van der Waals surface area contributed by atoms with Crippen molar-refractivity contribution >= 4 is 16.9 Å². The molecule has 3 heterocycles. The Kier molecular flexibility index (Phi) is 1.88. The lowest BCUT2D eigenvalue weighted by Gasteiger charge is -1.98. The van der Waals surface area contributed by atoms with E-state index in [1.54, 1.807) is 14.1 Å². The third kappa shape index (κ3) is 1.06. The Morgan fingerprint density at radius 3 is 2.44 bits per heavy atom. The van der Waals surface area contributed by atoms with Gasteiger partial charge in [0.1, 0.15) is 5.65 Å². The van der Waals surface area contributed by atoms with E-state index >= 15 is 0 Å². The van der Waals surface area contributed by atoms with E-state index in [-0.39, 0.29) is 11.2 Å². The molecule has 0 saturated carbocycles. The number of aromatic amines is 1. The Morgan fingerprint density at radius 2 is 1.78 bits per heavy atom. The van der Waals surface area contributed by atoms with E-state index in [0.29, 0.717) is 16.9 Å². The van der Waals surface area contributed by atoms with E-state index in [9.17, 15) is 9.59 Å². The van der Waals surface area contributed by atoms with Gasteiger partial charge in [0.25, 0.3) is 5.56 Å². The van der Waals surface area contributed by atoms with E-state index in [2.05, 4.69) is 9.97 Å². The van der Waals surface area contributed by atoms with Gasteiger partial charge in [-0.05, 0) is 13.8 Å². The number of aromatic nitrogens is 5. The molecule has 3 rings (SSSR count). The fraction of sp³-hybridized carbons (Fsp3) is 0.364. The van der Waals surface area contributed by atoms with Crippen molar-refractivity contribution in [3.05, 3.63) is 32.2 Å². The second-order valence-electron chi connectivity index (χ2n) is 4.47. The Bertz CT molecular complexity index is 906. The van der Waals surface area contributed by atoms with Crippen LogP contribution in [0.1, 0.15) is 11.4 Å². The van der Waals surface area contributed by atoms with Crippen LogP contribution in [0.25, 0.3) is 16.9 Å². The second kappa shape index (κ2) is 3.12. The highest BCUT2D eigenvalue weighted by Gasteiger charge is 2.17. The molecule has 3 aromatic heterocycles. The maximum atomic E-state index is 12.4. The lowest BCUT2D eigenvalue weighted by Crippen LogP contribution is -2.21. The molecular weight excluding hydrogens is 234 g/mol. The number of aryl methyl sites for hydroxylation is 4. The van der Waals surface area contributed by atoms with Crippen LogP contribution in [-0.4, -0.2) is 23.5 Å². The molecule has 3 aromatic rings. The summed E-state index contributed by atoms with van der Waals surface area (Å²) in [5, 5.41) is 0. The van der Waals surface area contributed by atoms with Crippen LogP contribution in [0.15, 0.2) is 9.59 Å². The number of hydrogen-bond acceptors (Lipinski definition) is 3. The summed E-state index contributed by atoms with van der Waals surface area (Å²) in [6.07, 6.45) is 0. The van der Waals surface area contributed by atoms with Gasteiger partial charge in [0.15, 0.2) is 5.52 Å². The molecule has 7 nitrogen and oxygen atoms in total. The summed E-state index contributed by atoms with van der Waals surface area (Å²) in [4.78, 5) is 31.6. The number of hydrogen-bond donors (Lipinski definition) is 1. The molecule has 0 amide bonds. The van der Waals surface area contributed by atoms with Gasteiger partial charge in [-0.2, -0.15) is 0 Å². The van der Waals surface area contributed by atoms with Crippen LogP contribution in [0.5, 0.6) is 0 Å². The summed E-state index contributed by atoms with van der Waals surface area (Å²) >= 11 is 0. The molecule has 0 spiro atoms. The molecule has 7 heteroatoms. The van der Waals surface area contributed by atoms with E-state index in [1.165, 1.54) is 13.5 Å². The van der Waals surface area contributed by atoms with Gasteiger partial charge in [0.05, 0.1) is 5.69 Å². The molecule has 0 saturated heterocycles. The molecule has 0 atom stereocenters. The second-order valence-corrected chi connectivity index (χ2v) is 4.47. The Labute approximate surface area is 101 Å². The van der Waals surface area contributed by atoms with E-state index in [0.717, 1.165) is 11.4 Å². The predicted molar refractivity (Wildman–Crippen MR) is 67.0 cm³/mol. The summed E-state index contributed by atoms with van der Waals surface area (Å²) in [6, 6.07) is 0. The zero-order valence-corrected chi connectivity index (χ0v) is 10.6. The smallest absolute Gasteiger partial charge is 0.309 e. The lowest BCUT2D eigenvalue weighted by molar-refractivity contribution is 0.790. The van der Waals surface area contributed by atoms with Gasteiger partial charge >= 0.3 is 5.69 Å². The van der Waals surface area contributed by atoms with Crippen LogP contribution in [0.4, 0.5) is 0 Å². The molecule has 0 aromatic carbocycles. The third-order valence-electron chi connectivity index (χ3n) is 3.45. The van der Waals surface area contributed by atoms with Crippen molar-refractivity contribution in [1.82, 2.24) is 23.5 Å². The number of H-pyrrole nitrogens is 1. The number of imidazole rings is 2. The largest absolute Gasteiger partial charge is 0.329 e. The molecule has 0 aliphatic heterocycles. The normalized spacial score (nSPS) is 11.8. The highest BCUT2D eigenvalue weighted by Crippen LogP contribution is 2.10. The van der Waals surface area contributed by atoms with Crippen LogP contribution >= 0.6 is 0 Å². The molecule has 0 aliphatic rings. The highest BCUT2D eigenvalue weighted by atomic mass is 16.2. The number of nitrogens with zero attached hydrogens (tertiary/aromatic N) is 4. The maximum Gasteiger partial charge on any atom is 0.329 e. The third-order valence-corrected chi connectivity index (χ3v) is 3.45. The van der Waals surface area contributed by atoms with Crippen molar-refractivity contribution in [2.45, 2.75) is 13.8 Å². The van der Waals surface area contributed by atoms with Crippen molar-refractivity contribution in [3.8, 4) is 0 Å². The van der Waals surface area contributed by atoms with E-state index in [4.69, 9.17) is 0 Å². The number of rotatable bonds is 0. The molecule has 1 N–H and O–H groups in total. The van der Waals surface area contributed by atoms with Crippen molar-refractivity contribution in [2.75, 3.05) is 0 Å². The van der Waals surface area contributed by atoms with Crippen LogP contribution in [-0.2, 0) is 14.1 Å². The lowest BCUT2D eigenvalue weighted by atomic mass is 10.4. The Morgan fingerprint density at radius 1 is 1.11 bits per heavy atom. The summed E-state index contributed by atoms with van der Waals surface area (Å²) in [7, 11) is 3.21. The predicted octanol–water partition coefficient (Wildman–Crippen LogP) is -0.170. The van der Waals surface area contributed by atoms with Gasteiger partial charge in [-0.25, -0.2) is 14.2 Å². The summed E-state index contributed by atoms with van der Waals surface area (Å²) in [6.45, 7) is 3.68. The topological polar surface area (TPSA) is 77.1 Å². The van der Waals surface area contributed by atoms with Gasteiger partial charge in [-0.1, -0.05) is 0 Å². The minimum Gasteiger partial charge on any atom is -0.309 e. The van der Waals surface area contributed by atoms with Crippen LogP contribution in [0, 0.1) is 13.8 Å². The first kappa shape index (κ1) is 10.8. The first-order valence-corrected chi connectivity index (χ1v) is 5.57. The first-order valence-electron chi connectivity index (χ1n) is 5.57. The highest BCUT2D eigenvalue weighted by molar-refractivity contribution is 5.72. The fourth-order valence-corrected chi connectivity index (χ4v) is 2.28. The standard InChI is InChI=1S/C11H13N5O2/c1-5-6(2)16-9(17)7-8(13-10(16)12-5)15(4)11(18)14(7)3/h1-4H3,(H,12,13). The summed E-state index contributed by atoms with van der Waals surface area (Å²) < 4.78 is 4.26. The monoisotopic (exact) mass is 247 g/mol. The van der Waals surface area contributed by atoms with Gasteiger partial charge in [-0.3, -0.25) is 13.9 Å². The van der Waals surface area contributed by atoms with Gasteiger partial charge < -0.3 is 4.98 Å². The average molecular weight is 247 g/mol. The minimum atomic E-state index is -0.235. The van der Waals surface area contributed by atoms with Crippen molar-refractivity contribution < 1.29 is 0 Å². The zero-order valence-electron chi connectivity index (χ0n) is 10.6. The van der Waals surface area contributed by atoms with Gasteiger partial charge in [0, 0.05) is 19.8 Å². The maximum absolute atomic E-state index is 12.4. The van der Waals surface area contributed by atoms with Crippen LogP contribution in [0.3, 0.4) is 0 Å². The van der Waals surface area contributed by atoms with E-state index < -0.39 is 0 Å². The zero-order chi connectivity index (χ0) is 13.2. The van der Waals surface area contributed by atoms with Crippen LogP contribution in [0.2, 0.25) is 0 Å². The molecule has 0 aliphatic carbocycles. The molecule has 0 fully saturated rings. The molecule has 18 heavy (non-hydrogen) atoms. The van der Waals surface area contributed by atoms with E-state index in [1.807, 2.05) is 13.8 Å². The first-order chi connectivity index (χ1) is 8.43. The molecule has 0 unspecified atom stereocenters. The molecular formula is C11H13N5O2. The quantitative estimate of drug-likeness (QED) is 0.599. The molecule has 0 bridgehead atoms. The average Bonchev–Trinajstić information content (AvgIpc) is 2.72. The number of fused-ring (bicyclic) bond motifs is 2. The SMILES string of the molecule is Cc1nc2[nH]c3c(c(=O)n2c1C)n(C)c(=O)n3C. The van der Waals surface area contributed by atoms with Gasteiger partial charge in [0.2, 0.25) is 5.78 Å². The number of nitrogens with one attached hydrogen (secondary N) is 1. The minimum absolute atomic E-state index is 0.225. The molecule has 0 radical (unpaired) electrons. The van der Waals surface area contributed by atoms with Crippen molar-refractivity contribution in [3.63, 3.8) is 0 Å². The van der Waals surface area contributed by atoms with Crippen molar-refractivity contribution in [2.24, 2.45) is 14.1 Å². The summed E-state index contributed by atoms with van der Waals surface area (Å²) in [5.74, 6) is 0.462.